The lowest BCUT2D eigenvalue weighted by Crippen LogP contribution is -2.28. The average molecular weight is 111 g/mol. The van der Waals surface area contributed by atoms with Crippen molar-refractivity contribution < 1.29 is 6.17 Å². The van der Waals surface area contributed by atoms with Gasteiger partial charge in [-0.3, -0.25) is 4.79 Å². The minimum Gasteiger partial charge on any atom is -0.317 e. The summed E-state index contributed by atoms with van der Waals surface area (Å²) in [6.07, 6.45) is 4.10. The molecule has 0 saturated carbocycles. The molecule has 0 fully saturated rings. The summed E-state index contributed by atoms with van der Waals surface area (Å²) >= 11 is 0. The van der Waals surface area contributed by atoms with E-state index in [2.05, 4.69) is 4.99 Å². The summed E-state index contributed by atoms with van der Waals surface area (Å²) in [6.45, 7) is 0. The van der Waals surface area contributed by atoms with Gasteiger partial charge in [-0.25, -0.2) is 4.99 Å². The Morgan fingerprint density at radius 3 is 3.12 bits per heavy atom. The maximum Gasteiger partial charge on any atom is 0.266 e. The maximum atomic E-state index is 10.6. The average Bonchev–Trinajstić information content (AvgIpc) is 1.77. The third-order valence-electron chi connectivity index (χ3n) is 0.801. The summed E-state index contributed by atoms with van der Waals surface area (Å²) in [5.74, 6) is -0.620. The molecule has 1 unspecified atom stereocenters. The largest absolute Gasteiger partial charge is 0.317 e. The Balaban J connectivity index is 2.91. The molecule has 1 amide bonds. The number of hydrogen-bond donors (Lipinski definition) is 1. The second-order valence-electron chi connectivity index (χ2n) is 1.40. The molecule has 42 valence electrons. The third kappa shape index (κ3) is 0.816. The van der Waals surface area contributed by atoms with Gasteiger partial charge in [-0.05, 0) is 6.08 Å². The second-order valence-corrected chi connectivity index (χ2v) is 1.40. The van der Waals surface area contributed by atoms with Crippen molar-refractivity contribution in [1.82, 2.24) is 0 Å². The highest BCUT2D eigenvalue weighted by atomic mass is 16.1. The van der Waals surface area contributed by atoms with Gasteiger partial charge in [0.2, 0.25) is 0 Å². The van der Waals surface area contributed by atoms with Crippen LogP contribution in [-0.2, 0) is 4.79 Å². The molecular weight excluding hydrogens is 104 g/mol. The van der Waals surface area contributed by atoms with Gasteiger partial charge in [0.1, 0.15) is 6.02 Å². The molecule has 0 aromatic heterocycles. The van der Waals surface area contributed by atoms with Crippen LogP contribution in [0.15, 0.2) is 17.1 Å². The lowest BCUT2D eigenvalue weighted by atomic mass is 10.2. The molecule has 2 N–H and O–H groups in total. The highest BCUT2D eigenvalue weighted by Crippen LogP contribution is 1.90. The minimum absolute atomic E-state index is 0.620. The predicted octanol–water partition coefficient (Wildman–Crippen LogP) is -0.519. The van der Waals surface area contributed by atoms with Gasteiger partial charge in [0.15, 0.2) is 0 Å². The zero-order valence-electron chi connectivity index (χ0n) is 5.16. The Bertz CT molecular complexity index is 195. The summed E-state index contributed by atoms with van der Waals surface area (Å²) < 4.78 is 7.06. The van der Waals surface area contributed by atoms with Crippen molar-refractivity contribution in [3.05, 3.63) is 12.2 Å². The van der Waals surface area contributed by atoms with E-state index in [-0.39, 0.29) is 0 Å². The molecule has 1 heterocycles. The van der Waals surface area contributed by atoms with Gasteiger partial charge in [0.05, 0.1) is 1.37 Å². The van der Waals surface area contributed by atoms with E-state index in [1.54, 1.807) is 0 Å². The summed E-state index contributed by atoms with van der Waals surface area (Å²) in [5.41, 5.74) is 5.14. The molecule has 0 aliphatic carbocycles. The van der Waals surface area contributed by atoms with E-state index < -0.39 is 11.9 Å². The summed E-state index contributed by atoms with van der Waals surface area (Å²) in [5, 5.41) is 0. The van der Waals surface area contributed by atoms with Crippen molar-refractivity contribution in [3.8, 4) is 0 Å². The smallest absolute Gasteiger partial charge is 0.266 e. The molecule has 1 atom stereocenters. The highest BCUT2D eigenvalue weighted by molar-refractivity contribution is 5.96. The van der Waals surface area contributed by atoms with Crippen molar-refractivity contribution in [2.75, 3.05) is 0 Å². The fourth-order valence-corrected chi connectivity index (χ4v) is 0.403. The first kappa shape index (κ1) is 3.97. The molecule has 8 heavy (non-hydrogen) atoms. The van der Waals surface area contributed by atoms with Crippen LogP contribution in [0.2, 0.25) is 0 Å². The first-order chi connectivity index (χ1) is 4.13. The van der Waals surface area contributed by atoms with Crippen molar-refractivity contribution in [2.45, 2.75) is 6.02 Å². The first-order valence-corrected chi connectivity index (χ1v) is 2.18. The topological polar surface area (TPSA) is 55.4 Å². The van der Waals surface area contributed by atoms with E-state index in [1.165, 1.54) is 18.4 Å². The van der Waals surface area contributed by atoms with Crippen LogP contribution < -0.4 is 5.73 Å². The number of aliphatic imine (C=N–C) groups is 1. The van der Waals surface area contributed by atoms with Crippen LogP contribution in [0.3, 0.4) is 0 Å². The van der Waals surface area contributed by atoms with Crippen molar-refractivity contribution in [1.29, 1.82) is 0 Å². The van der Waals surface area contributed by atoms with Crippen LogP contribution in [0.25, 0.3) is 0 Å². The maximum absolute atomic E-state index is 10.6. The van der Waals surface area contributed by atoms with Crippen molar-refractivity contribution in [2.24, 2.45) is 10.7 Å². The Morgan fingerprint density at radius 1 is 2.00 bits per heavy atom. The Kier molecular flexibility index (Phi) is 0.932. The monoisotopic (exact) mass is 111 g/mol. The fourth-order valence-electron chi connectivity index (χ4n) is 0.403. The number of amides is 1. The molecule has 3 nitrogen and oxygen atoms in total. The number of nitrogens with two attached hydrogens (primary N) is 1. The molecule has 0 bridgehead atoms. The van der Waals surface area contributed by atoms with Crippen molar-refractivity contribution >= 4 is 12.1 Å². The number of carbonyl (C=O) groups is 1. The Morgan fingerprint density at radius 2 is 2.75 bits per heavy atom. The SMILES string of the molecule is [2H]C1(N)C=CC=NC1=O. The zero-order valence-corrected chi connectivity index (χ0v) is 4.16. The quantitative estimate of drug-likeness (QED) is 0.457. The molecule has 0 radical (unpaired) electrons. The summed E-state index contributed by atoms with van der Waals surface area (Å²) in [7, 11) is 0. The fraction of sp³-hybridized carbons (Fsp3) is 0.200. The molecular formula is C5H6N2O. The molecule has 0 aromatic rings. The van der Waals surface area contributed by atoms with E-state index in [0.29, 0.717) is 0 Å². The Hall–Kier alpha value is -0.960. The van der Waals surface area contributed by atoms with E-state index in [9.17, 15) is 4.79 Å². The molecule has 3 heteroatoms. The highest BCUT2D eigenvalue weighted by Gasteiger charge is 2.08. The summed E-state index contributed by atoms with van der Waals surface area (Å²) in [4.78, 5) is 13.9. The van der Waals surface area contributed by atoms with Crippen LogP contribution >= 0.6 is 0 Å². The van der Waals surface area contributed by atoms with Gasteiger partial charge < -0.3 is 5.73 Å². The van der Waals surface area contributed by atoms with E-state index >= 15 is 0 Å². The lowest BCUT2D eigenvalue weighted by Gasteiger charge is -2.00. The van der Waals surface area contributed by atoms with Gasteiger partial charge >= 0.3 is 0 Å². The molecule has 0 saturated heterocycles. The number of rotatable bonds is 0. The lowest BCUT2D eigenvalue weighted by molar-refractivity contribution is -0.118. The van der Waals surface area contributed by atoms with E-state index in [0.717, 1.165) is 0 Å². The third-order valence-corrected chi connectivity index (χ3v) is 0.801. The number of nitrogens with zero attached hydrogens (tertiary/aromatic N) is 1. The zero-order chi connectivity index (χ0) is 6.91. The molecule has 0 spiro atoms. The number of dihydropyridines is 1. The van der Waals surface area contributed by atoms with Gasteiger partial charge in [0.25, 0.3) is 5.91 Å². The van der Waals surface area contributed by atoms with Gasteiger partial charge in [0, 0.05) is 6.21 Å². The van der Waals surface area contributed by atoms with Crippen LogP contribution in [0.5, 0.6) is 0 Å². The van der Waals surface area contributed by atoms with Gasteiger partial charge in [-0.15, -0.1) is 0 Å². The van der Waals surface area contributed by atoms with Gasteiger partial charge in [-0.1, -0.05) is 6.08 Å². The predicted molar refractivity (Wildman–Crippen MR) is 30.6 cm³/mol. The van der Waals surface area contributed by atoms with Crippen LogP contribution in [0.1, 0.15) is 1.37 Å². The van der Waals surface area contributed by atoms with Crippen molar-refractivity contribution in [3.63, 3.8) is 0 Å². The van der Waals surface area contributed by atoms with E-state index in [4.69, 9.17) is 7.10 Å². The number of carbonyl (C=O) groups excluding carboxylic acids is 1. The molecule has 1 aliphatic heterocycles. The normalized spacial score (nSPS) is 37.6. The first-order valence-electron chi connectivity index (χ1n) is 2.68. The van der Waals surface area contributed by atoms with Gasteiger partial charge in [-0.2, -0.15) is 0 Å². The van der Waals surface area contributed by atoms with Crippen LogP contribution in [0.4, 0.5) is 0 Å². The number of hydrogen-bond acceptors (Lipinski definition) is 2. The van der Waals surface area contributed by atoms with E-state index in [1.807, 2.05) is 0 Å². The Labute approximate surface area is 48.3 Å². The molecule has 1 aliphatic rings. The number of allylic oxidation sites excluding steroid dienone is 1. The summed E-state index contributed by atoms with van der Waals surface area (Å²) in [6, 6.07) is -1.63. The van der Waals surface area contributed by atoms with Crippen LogP contribution in [0, 0.1) is 0 Å². The molecule has 1 rings (SSSR count). The standard InChI is InChI=1S/C5H6N2O/c6-4-2-1-3-7-5(4)8/h1-4H,6H2/i4D. The second kappa shape index (κ2) is 1.88. The minimum atomic E-state index is -1.63. The van der Waals surface area contributed by atoms with Crippen LogP contribution in [-0.4, -0.2) is 18.1 Å². The molecule has 0 aromatic carbocycles.